The number of hydrogen-bond donors (Lipinski definition) is 2. The molecule has 2 N–H and O–H groups in total. The molecule has 3 atom stereocenters. The van der Waals surface area contributed by atoms with Gasteiger partial charge in [0, 0.05) is 24.7 Å². The molecular formula is C18H33N3O3S2. The number of nitrogens with one attached hydrogen (secondary N) is 1. The lowest BCUT2D eigenvalue weighted by molar-refractivity contribution is 0.292. The molecule has 0 amide bonds. The highest BCUT2D eigenvalue weighted by atomic mass is 32.2. The molecule has 150 valence electrons. The minimum Gasteiger partial charge on any atom is -0.331 e. The van der Waals surface area contributed by atoms with Crippen molar-refractivity contribution in [1.82, 2.24) is 9.62 Å². The van der Waals surface area contributed by atoms with E-state index in [2.05, 4.69) is 64.3 Å². The van der Waals surface area contributed by atoms with Crippen LogP contribution in [0.5, 0.6) is 0 Å². The Morgan fingerprint density at radius 2 is 1.85 bits per heavy atom. The van der Waals surface area contributed by atoms with E-state index < -0.39 is 10.3 Å². The first kappa shape index (κ1) is 21.7. The summed E-state index contributed by atoms with van der Waals surface area (Å²) in [7, 11) is -4.23. The van der Waals surface area contributed by atoms with Crippen LogP contribution in [0.15, 0.2) is 16.3 Å². The van der Waals surface area contributed by atoms with Crippen molar-refractivity contribution in [2.75, 3.05) is 12.8 Å². The molecule has 2 aliphatic rings. The molecule has 1 saturated heterocycles. The molecule has 3 unspecified atom stereocenters. The van der Waals surface area contributed by atoms with Gasteiger partial charge < -0.3 is 4.90 Å². The predicted octanol–water partition coefficient (Wildman–Crippen LogP) is 3.33. The third-order valence-electron chi connectivity index (χ3n) is 4.95. The van der Waals surface area contributed by atoms with Crippen molar-refractivity contribution in [3.63, 3.8) is 0 Å². The number of thioether (sulfide) groups is 1. The fraction of sp³-hybridized carbons (Fsp3) is 0.833. The van der Waals surface area contributed by atoms with E-state index in [9.17, 15) is 13.0 Å². The van der Waals surface area contributed by atoms with Gasteiger partial charge in [0.25, 0.3) is 0 Å². The zero-order chi connectivity index (χ0) is 20.1. The molecule has 26 heavy (non-hydrogen) atoms. The van der Waals surface area contributed by atoms with Gasteiger partial charge in [-0.1, -0.05) is 41.5 Å². The van der Waals surface area contributed by atoms with Gasteiger partial charge in [-0.15, -0.1) is 0 Å². The molecule has 0 bridgehead atoms. The molecule has 0 radical (unpaired) electrons. The van der Waals surface area contributed by atoms with Gasteiger partial charge in [-0.25, -0.2) is 0 Å². The van der Waals surface area contributed by atoms with Crippen molar-refractivity contribution >= 4 is 27.9 Å². The second-order valence-electron chi connectivity index (χ2n) is 9.35. The fourth-order valence-corrected chi connectivity index (χ4v) is 4.82. The van der Waals surface area contributed by atoms with Crippen molar-refractivity contribution < 1.29 is 13.0 Å². The number of hydrogen-bond acceptors (Lipinski definition) is 5. The van der Waals surface area contributed by atoms with Crippen molar-refractivity contribution in [2.24, 2.45) is 15.8 Å². The maximum absolute atomic E-state index is 11.3. The van der Waals surface area contributed by atoms with Crippen LogP contribution in [0.2, 0.25) is 0 Å². The Morgan fingerprint density at radius 1 is 1.27 bits per heavy atom. The number of amidine groups is 1. The standard InChI is InChI=1S/C18H33N3O3S2/c1-11(25-8)16-19-15(18(5,6)7)14(17(2,3)4)13-9-12(10-21(13)16)20-26(22,23)24/h11-12,15,20H,9-10H2,1-8H3,(H,22,23,24). The van der Waals surface area contributed by atoms with Crippen LogP contribution >= 0.6 is 11.8 Å². The smallest absolute Gasteiger partial charge is 0.331 e. The van der Waals surface area contributed by atoms with E-state index in [0.717, 1.165) is 11.5 Å². The van der Waals surface area contributed by atoms with Crippen LogP contribution in [0, 0.1) is 10.8 Å². The van der Waals surface area contributed by atoms with Gasteiger partial charge in [-0.2, -0.15) is 24.9 Å². The summed E-state index contributed by atoms with van der Waals surface area (Å²) in [6.45, 7) is 15.8. The van der Waals surface area contributed by atoms with Gasteiger partial charge in [0.15, 0.2) is 0 Å². The van der Waals surface area contributed by atoms with Crippen LogP contribution in [0.25, 0.3) is 0 Å². The molecule has 0 aromatic rings. The van der Waals surface area contributed by atoms with Crippen molar-refractivity contribution in [1.29, 1.82) is 0 Å². The number of aliphatic imine (C=N–C) groups is 1. The molecule has 0 saturated carbocycles. The maximum Gasteiger partial charge on any atom is 0.333 e. The summed E-state index contributed by atoms with van der Waals surface area (Å²) in [5.74, 6) is 1.00. The lowest BCUT2D eigenvalue weighted by Gasteiger charge is -2.44. The zero-order valence-corrected chi connectivity index (χ0v) is 18.8. The SMILES string of the molecule is CSC(C)C1=NC(C(C)(C)C)C(C(C)(C)C)=C2CC(NS(=O)(=O)O)CN12. The molecule has 1 fully saturated rings. The highest BCUT2D eigenvalue weighted by Crippen LogP contribution is 2.46. The second kappa shape index (κ2) is 7.11. The summed E-state index contributed by atoms with van der Waals surface area (Å²) < 4.78 is 34.3. The maximum atomic E-state index is 11.3. The minimum atomic E-state index is -4.23. The van der Waals surface area contributed by atoms with Crippen LogP contribution in [-0.4, -0.2) is 53.8 Å². The largest absolute Gasteiger partial charge is 0.333 e. The monoisotopic (exact) mass is 403 g/mol. The van der Waals surface area contributed by atoms with Crippen LogP contribution in [0.1, 0.15) is 54.9 Å². The molecule has 2 heterocycles. The van der Waals surface area contributed by atoms with Gasteiger partial charge in [-0.3, -0.25) is 9.55 Å². The van der Waals surface area contributed by atoms with E-state index >= 15 is 0 Å². The quantitative estimate of drug-likeness (QED) is 0.704. The Hall–Kier alpha value is -0.570. The fourth-order valence-electron chi connectivity index (χ4n) is 3.84. The first-order valence-corrected chi connectivity index (χ1v) is 11.7. The van der Waals surface area contributed by atoms with Gasteiger partial charge >= 0.3 is 10.3 Å². The Balaban J connectivity index is 2.60. The molecule has 8 heteroatoms. The number of fused-ring (bicyclic) bond motifs is 1. The highest BCUT2D eigenvalue weighted by Gasteiger charge is 2.45. The molecule has 0 spiro atoms. The molecule has 0 aromatic heterocycles. The van der Waals surface area contributed by atoms with Crippen molar-refractivity contribution in [3.05, 3.63) is 11.3 Å². The molecule has 0 aromatic carbocycles. The lowest BCUT2D eigenvalue weighted by Crippen LogP contribution is -2.46. The Bertz CT molecular complexity index is 715. The summed E-state index contributed by atoms with van der Waals surface area (Å²) in [4.78, 5) is 7.34. The molecule has 2 rings (SSSR count). The average molecular weight is 404 g/mol. The van der Waals surface area contributed by atoms with Gasteiger partial charge in [0.2, 0.25) is 0 Å². The summed E-state index contributed by atoms with van der Waals surface area (Å²) in [5, 5.41) is 0.209. The van der Waals surface area contributed by atoms with Crippen molar-refractivity contribution in [2.45, 2.75) is 72.2 Å². The normalized spacial score (nSPS) is 26.0. The topological polar surface area (TPSA) is 82.0 Å². The Morgan fingerprint density at radius 3 is 2.27 bits per heavy atom. The summed E-state index contributed by atoms with van der Waals surface area (Å²) in [6, 6.07) is -0.307. The lowest BCUT2D eigenvalue weighted by atomic mass is 9.71. The van der Waals surface area contributed by atoms with E-state index in [1.54, 1.807) is 11.8 Å². The predicted molar refractivity (Wildman–Crippen MR) is 110 cm³/mol. The molecule has 0 aliphatic carbocycles. The molecular weight excluding hydrogens is 370 g/mol. The first-order chi connectivity index (χ1) is 11.6. The van der Waals surface area contributed by atoms with Crippen LogP contribution in [0.4, 0.5) is 0 Å². The Kier molecular flexibility index (Phi) is 5.94. The second-order valence-corrected chi connectivity index (χ2v) is 11.7. The average Bonchev–Trinajstić information content (AvgIpc) is 2.82. The third-order valence-corrected chi connectivity index (χ3v) is 6.50. The minimum absolute atomic E-state index is 0.0420. The third kappa shape index (κ3) is 4.64. The molecule has 2 aliphatic heterocycles. The van der Waals surface area contributed by atoms with E-state index in [1.807, 2.05) is 0 Å². The highest BCUT2D eigenvalue weighted by molar-refractivity contribution is 7.99. The number of rotatable bonds is 4. The van der Waals surface area contributed by atoms with E-state index in [-0.39, 0.29) is 28.2 Å². The van der Waals surface area contributed by atoms with Crippen molar-refractivity contribution in [3.8, 4) is 0 Å². The molecule has 6 nitrogen and oxygen atoms in total. The van der Waals surface area contributed by atoms with E-state index in [4.69, 9.17) is 4.99 Å². The summed E-state index contributed by atoms with van der Waals surface area (Å²) in [6.07, 6.45) is 2.63. The van der Waals surface area contributed by atoms with Crippen LogP contribution < -0.4 is 4.72 Å². The van der Waals surface area contributed by atoms with Crippen LogP contribution in [-0.2, 0) is 10.3 Å². The summed E-state index contributed by atoms with van der Waals surface area (Å²) in [5.41, 5.74) is 2.29. The van der Waals surface area contributed by atoms with Crippen LogP contribution in [0.3, 0.4) is 0 Å². The van der Waals surface area contributed by atoms with E-state index in [1.165, 1.54) is 5.57 Å². The Labute approximate surface area is 162 Å². The number of nitrogens with zero attached hydrogens (tertiary/aromatic N) is 2. The van der Waals surface area contributed by atoms with Gasteiger partial charge in [-0.05, 0) is 29.6 Å². The first-order valence-electron chi connectivity index (χ1n) is 9.01. The van der Waals surface area contributed by atoms with E-state index in [0.29, 0.717) is 13.0 Å². The van der Waals surface area contributed by atoms with Gasteiger partial charge in [0.05, 0.1) is 11.3 Å². The zero-order valence-electron chi connectivity index (χ0n) is 17.1. The van der Waals surface area contributed by atoms with Gasteiger partial charge in [0.1, 0.15) is 5.84 Å². The summed E-state index contributed by atoms with van der Waals surface area (Å²) >= 11 is 1.73.